The van der Waals surface area contributed by atoms with Gasteiger partial charge >= 0.3 is 0 Å². The molecule has 4 heteroatoms. The summed E-state index contributed by atoms with van der Waals surface area (Å²) >= 11 is 0. The number of fused-ring (bicyclic) bond motifs is 1. The molecule has 1 amide bonds. The second-order valence-corrected chi connectivity index (χ2v) is 8.63. The van der Waals surface area contributed by atoms with E-state index in [0.29, 0.717) is 6.54 Å². The molecule has 1 unspecified atom stereocenters. The van der Waals surface area contributed by atoms with Crippen LogP contribution in [0.3, 0.4) is 0 Å². The Morgan fingerprint density at radius 2 is 1.83 bits per heavy atom. The van der Waals surface area contributed by atoms with Crippen molar-refractivity contribution in [2.24, 2.45) is 11.7 Å². The van der Waals surface area contributed by atoms with Crippen LogP contribution in [0.25, 0.3) is 0 Å². The molecule has 4 nitrogen and oxygen atoms in total. The Labute approximate surface area is 140 Å². The molecule has 0 fully saturated rings. The zero-order valence-electron chi connectivity index (χ0n) is 15.4. The number of nitrogens with two attached hydrogens (primary N) is 1. The van der Waals surface area contributed by atoms with Gasteiger partial charge < -0.3 is 15.4 Å². The van der Waals surface area contributed by atoms with E-state index < -0.39 is 11.6 Å². The molecule has 0 saturated carbocycles. The minimum Gasteiger partial charge on any atom is -0.478 e. The number of rotatable bonds is 3. The minimum atomic E-state index is -0.469. The molecule has 1 aromatic carbocycles. The first-order valence-corrected chi connectivity index (χ1v) is 8.31. The number of benzene rings is 1. The first kappa shape index (κ1) is 17.8. The predicted molar refractivity (Wildman–Crippen MR) is 95.0 cm³/mol. The fourth-order valence-corrected chi connectivity index (χ4v) is 2.75. The van der Waals surface area contributed by atoms with Crippen LogP contribution in [-0.4, -0.2) is 24.1 Å². The summed E-state index contributed by atoms with van der Waals surface area (Å²) in [5.41, 5.74) is 7.75. The monoisotopic (exact) mass is 318 g/mol. The van der Waals surface area contributed by atoms with Crippen molar-refractivity contribution in [1.82, 2.24) is 0 Å². The van der Waals surface area contributed by atoms with Gasteiger partial charge in [-0.3, -0.25) is 4.79 Å². The minimum absolute atomic E-state index is 0.00270. The Balaban J connectivity index is 2.53. The molecule has 0 bridgehead atoms. The zero-order chi connectivity index (χ0) is 17.6. The lowest BCUT2D eigenvalue weighted by molar-refractivity contribution is -0.128. The van der Waals surface area contributed by atoms with Crippen molar-refractivity contribution in [1.29, 1.82) is 0 Å². The number of amides is 1. The Bertz CT molecular complexity index is 594. The summed E-state index contributed by atoms with van der Waals surface area (Å²) in [6, 6.07) is 6.13. The molecular weight excluding hydrogens is 288 g/mol. The molecule has 2 N–H and O–H groups in total. The van der Waals surface area contributed by atoms with Crippen LogP contribution in [0, 0.1) is 5.92 Å². The van der Waals surface area contributed by atoms with Gasteiger partial charge in [-0.15, -0.1) is 0 Å². The van der Waals surface area contributed by atoms with Crippen LogP contribution in [0.15, 0.2) is 18.2 Å². The van der Waals surface area contributed by atoms with Gasteiger partial charge in [0.25, 0.3) is 5.91 Å². The maximum Gasteiger partial charge on any atom is 0.268 e. The third kappa shape index (κ3) is 3.86. The van der Waals surface area contributed by atoms with Crippen molar-refractivity contribution in [2.45, 2.75) is 65.5 Å². The van der Waals surface area contributed by atoms with E-state index in [0.717, 1.165) is 11.4 Å². The Hall–Kier alpha value is -1.55. The summed E-state index contributed by atoms with van der Waals surface area (Å²) in [7, 11) is 0. The smallest absolute Gasteiger partial charge is 0.268 e. The first-order valence-electron chi connectivity index (χ1n) is 8.31. The Morgan fingerprint density at radius 3 is 2.30 bits per heavy atom. The van der Waals surface area contributed by atoms with Crippen LogP contribution in [0.5, 0.6) is 5.75 Å². The van der Waals surface area contributed by atoms with Gasteiger partial charge in [-0.05, 0) is 42.9 Å². The van der Waals surface area contributed by atoms with Gasteiger partial charge in [-0.2, -0.15) is 0 Å². The van der Waals surface area contributed by atoms with Gasteiger partial charge in [-0.25, -0.2) is 0 Å². The van der Waals surface area contributed by atoms with Gasteiger partial charge in [-0.1, -0.05) is 40.7 Å². The quantitative estimate of drug-likeness (QED) is 0.928. The van der Waals surface area contributed by atoms with Crippen LogP contribution < -0.4 is 15.4 Å². The lowest BCUT2D eigenvalue weighted by atomic mass is 9.86. The number of hydrogen-bond donors (Lipinski definition) is 1. The molecule has 1 heterocycles. The molecule has 0 spiro atoms. The molecule has 2 rings (SSSR count). The highest BCUT2D eigenvalue weighted by Crippen LogP contribution is 2.39. The Kier molecular flexibility index (Phi) is 4.51. The number of hydrogen-bond acceptors (Lipinski definition) is 3. The second-order valence-electron chi connectivity index (χ2n) is 8.63. The zero-order valence-corrected chi connectivity index (χ0v) is 15.4. The molecular formula is C19H30N2O2. The van der Waals surface area contributed by atoms with E-state index >= 15 is 0 Å². The number of nitrogens with zero attached hydrogens (tertiary/aromatic N) is 1. The number of carbonyl (C=O) groups is 1. The summed E-state index contributed by atoms with van der Waals surface area (Å²) in [4.78, 5) is 14.7. The lowest BCUT2D eigenvalue weighted by Gasteiger charge is -2.39. The molecule has 23 heavy (non-hydrogen) atoms. The first-order chi connectivity index (χ1) is 10.4. The van der Waals surface area contributed by atoms with Crippen molar-refractivity contribution in [3.05, 3.63) is 23.8 Å². The van der Waals surface area contributed by atoms with Crippen LogP contribution in [0.4, 0.5) is 5.69 Å². The van der Waals surface area contributed by atoms with Crippen molar-refractivity contribution in [3.63, 3.8) is 0 Å². The Morgan fingerprint density at radius 1 is 1.22 bits per heavy atom. The van der Waals surface area contributed by atoms with Crippen molar-refractivity contribution in [2.75, 3.05) is 11.4 Å². The van der Waals surface area contributed by atoms with Crippen LogP contribution >= 0.6 is 0 Å². The molecule has 1 atom stereocenters. The maximum atomic E-state index is 12.9. The van der Waals surface area contributed by atoms with E-state index in [1.54, 1.807) is 4.90 Å². The summed E-state index contributed by atoms with van der Waals surface area (Å²) in [5, 5.41) is 0. The van der Waals surface area contributed by atoms with Crippen LogP contribution in [0.1, 0.15) is 54.0 Å². The highest BCUT2D eigenvalue weighted by Gasteiger charge is 2.38. The average molecular weight is 318 g/mol. The molecule has 0 saturated heterocycles. The summed E-state index contributed by atoms with van der Waals surface area (Å²) < 4.78 is 5.99. The third-order valence-electron chi connectivity index (χ3n) is 4.05. The summed E-state index contributed by atoms with van der Waals surface area (Å²) in [6.07, 6.45) is -0.453. The molecule has 1 aliphatic rings. The topological polar surface area (TPSA) is 55.6 Å². The molecule has 0 radical (unpaired) electrons. The number of carbonyl (C=O) groups excluding carboxylic acids is 1. The number of ether oxygens (including phenoxy) is 1. The van der Waals surface area contributed by atoms with E-state index in [-0.39, 0.29) is 17.2 Å². The molecule has 1 aromatic rings. The van der Waals surface area contributed by atoms with Gasteiger partial charge in [0.2, 0.25) is 0 Å². The lowest BCUT2D eigenvalue weighted by Crippen LogP contribution is -2.55. The van der Waals surface area contributed by atoms with E-state index in [2.05, 4.69) is 32.9 Å². The summed E-state index contributed by atoms with van der Waals surface area (Å²) in [6.45, 7) is 14.8. The van der Waals surface area contributed by atoms with Crippen molar-refractivity contribution >= 4 is 11.6 Å². The van der Waals surface area contributed by atoms with E-state index in [1.807, 2.05) is 33.8 Å². The summed E-state index contributed by atoms with van der Waals surface area (Å²) in [5.74, 6) is 0.874. The normalized spacial score (nSPS) is 18.9. The second kappa shape index (κ2) is 5.82. The van der Waals surface area contributed by atoms with E-state index in [4.69, 9.17) is 10.5 Å². The molecule has 0 aliphatic carbocycles. The number of anilines is 1. The van der Waals surface area contributed by atoms with Crippen molar-refractivity contribution in [3.8, 4) is 5.75 Å². The molecule has 1 aliphatic heterocycles. The largest absolute Gasteiger partial charge is 0.478 e. The SMILES string of the molecule is CC(C)C1Oc2ccc(C(C)(C)C)cc2N(CC(C)(C)N)C1=O. The predicted octanol–water partition coefficient (Wildman–Crippen LogP) is 3.47. The molecule has 0 aromatic heterocycles. The van der Waals surface area contributed by atoms with E-state index in [1.165, 1.54) is 5.56 Å². The maximum absolute atomic E-state index is 12.9. The average Bonchev–Trinajstić information content (AvgIpc) is 2.38. The van der Waals surface area contributed by atoms with Crippen molar-refractivity contribution < 1.29 is 9.53 Å². The van der Waals surface area contributed by atoms with Gasteiger partial charge in [0, 0.05) is 12.1 Å². The fraction of sp³-hybridized carbons (Fsp3) is 0.632. The van der Waals surface area contributed by atoms with Crippen LogP contribution in [0.2, 0.25) is 0 Å². The fourth-order valence-electron chi connectivity index (χ4n) is 2.75. The van der Waals surface area contributed by atoms with Gasteiger partial charge in [0.15, 0.2) is 6.10 Å². The third-order valence-corrected chi connectivity index (χ3v) is 4.05. The van der Waals surface area contributed by atoms with Crippen LogP contribution in [-0.2, 0) is 10.2 Å². The van der Waals surface area contributed by atoms with Gasteiger partial charge in [0.1, 0.15) is 5.75 Å². The van der Waals surface area contributed by atoms with Gasteiger partial charge in [0.05, 0.1) is 5.69 Å². The van der Waals surface area contributed by atoms with E-state index in [9.17, 15) is 4.79 Å². The highest BCUT2D eigenvalue weighted by atomic mass is 16.5. The molecule has 128 valence electrons. The standard InChI is InChI=1S/C19H30N2O2/c1-12(2)16-17(22)21(11-19(6,7)20)14-10-13(18(3,4)5)8-9-15(14)23-16/h8-10,12,16H,11,20H2,1-7H3. The highest BCUT2D eigenvalue weighted by molar-refractivity contribution is 6.00.